The molecule has 0 saturated heterocycles. The van der Waals surface area contributed by atoms with E-state index in [1.807, 2.05) is 37.3 Å². The van der Waals surface area contributed by atoms with Crippen molar-refractivity contribution in [2.45, 2.75) is 20.1 Å². The van der Waals surface area contributed by atoms with E-state index in [-0.39, 0.29) is 0 Å². The van der Waals surface area contributed by atoms with Gasteiger partial charge in [0.1, 0.15) is 18.1 Å². The molecule has 19 heavy (non-hydrogen) atoms. The van der Waals surface area contributed by atoms with Gasteiger partial charge in [-0.25, -0.2) is 0 Å². The van der Waals surface area contributed by atoms with E-state index in [1.54, 1.807) is 13.3 Å². The fourth-order valence-electron chi connectivity index (χ4n) is 1.79. The summed E-state index contributed by atoms with van der Waals surface area (Å²) in [7, 11) is 1.64. The Labute approximate surface area is 113 Å². The van der Waals surface area contributed by atoms with Crippen molar-refractivity contribution >= 4 is 0 Å². The second-order valence-corrected chi connectivity index (χ2v) is 4.27. The van der Waals surface area contributed by atoms with Crippen LogP contribution in [0.3, 0.4) is 0 Å². The summed E-state index contributed by atoms with van der Waals surface area (Å²) in [6, 6.07) is 9.72. The van der Waals surface area contributed by atoms with Crippen molar-refractivity contribution in [1.29, 1.82) is 0 Å². The summed E-state index contributed by atoms with van der Waals surface area (Å²) < 4.78 is 10.9. The third-order valence-electron chi connectivity index (χ3n) is 2.85. The highest BCUT2D eigenvalue weighted by Crippen LogP contribution is 2.20. The van der Waals surface area contributed by atoms with Crippen LogP contribution in [-0.2, 0) is 13.2 Å². The van der Waals surface area contributed by atoms with Crippen LogP contribution in [0.5, 0.6) is 11.5 Å². The van der Waals surface area contributed by atoms with Crippen molar-refractivity contribution in [1.82, 2.24) is 4.98 Å². The largest absolute Gasteiger partial charge is 0.496 e. The number of benzene rings is 1. The molecule has 0 atom stereocenters. The number of aryl methyl sites for hydroxylation is 1. The number of hydrogen-bond donors (Lipinski definition) is 1. The summed E-state index contributed by atoms with van der Waals surface area (Å²) >= 11 is 0. The van der Waals surface area contributed by atoms with E-state index < -0.39 is 0 Å². The van der Waals surface area contributed by atoms with Gasteiger partial charge in [0.15, 0.2) is 0 Å². The highest BCUT2D eigenvalue weighted by molar-refractivity contribution is 5.37. The minimum absolute atomic E-state index is 0.448. The number of rotatable bonds is 5. The van der Waals surface area contributed by atoms with Gasteiger partial charge in [-0.05, 0) is 36.8 Å². The Hall–Kier alpha value is -2.07. The number of aromatic nitrogens is 1. The molecule has 2 N–H and O–H groups in total. The van der Waals surface area contributed by atoms with Gasteiger partial charge in [-0.1, -0.05) is 6.07 Å². The number of pyridine rings is 1. The molecular weight excluding hydrogens is 240 g/mol. The first-order valence-corrected chi connectivity index (χ1v) is 6.14. The minimum Gasteiger partial charge on any atom is -0.496 e. The second-order valence-electron chi connectivity index (χ2n) is 4.27. The van der Waals surface area contributed by atoms with Crippen molar-refractivity contribution < 1.29 is 9.47 Å². The van der Waals surface area contributed by atoms with Crippen LogP contribution < -0.4 is 15.2 Å². The van der Waals surface area contributed by atoms with Crippen LogP contribution in [0.1, 0.15) is 16.8 Å². The van der Waals surface area contributed by atoms with E-state index in [1.165, 1.54) is 0 Å². The summed E-state index contributed by atoms with van der Waals surface area (Å²) in [4.78, 5) is 4.19. The van der Waals surface area contributed by atoms with Gasteiger partial charge >= 0.3 is 0 Å². The summed E-state index contributed by atoms with van der Waals surface area (Å²) in [6.07, 6.45) is 1.72. The zero-order chi connectivity index (χ0) is 13.7. The van der Waals surface area contributed by atoms with Crippen molar-refractivity contribution in [3.63, 3.8) is 0 Å². The number of nitrogens with two attached hydrogens (primary N) is 1. The Balaban J connectivity index is 2.05. The van der Waals surface area contributed by atoms with E-state index in [4.69, 9.17) is 15.2 Å². The van der Waals surface area contributed by atoms with Crippen LogP contribution >= 0.6 is 0 Å². The first-order valence-electron chi connectivity index (χ1n) is 6.14. The molecule has 2 rings (SSSR count). The number of nitrogens with zero attached hydrogens (tertiary/aromatic N) is 1. The van der Waals surface area contributed by atoms with Crippen LogP contribution in [-0.4, -0.2) is 12.1 Å². The first kappa shape index (κ1) is 13.4. The molecule has 1 aromatic heterocycles. The number of ether oxygens (including phenoxy) is 2. The van der Waals surface area contributed by atoms with E-state index in [9.17, 15) is 0 Å². The fraction of sp³-hybridized carbons (Fsp3) is 0.267. The molecule has 0 spiro atoms. The molecule has 2 aromatic rings. The first-order chi connectivity index (χ1) is 9.22. The Morgan fingerprint density at radius 1 is 1.21 bits per heavy atom. The van der Waals surface area contributed by atoms with Crippen LogP contribution in [0, 0.1) is 6.92 Å². The second kappa shape index (κ2) is 6.20. The van der Waals surface area contributed by atoms with Crippen LogP contribution in [0.4, 0.5) is 0 Å². The molecule has 0 aliphatic carbocycles. The van der Waals surface area contributed by atoms with Crippen LogP contribution in [0.25, 0.3) is 0 Å². The average Bonchev–Trinajstić information content (AvgIpc) is 2.46. The van der Waals surface area contributed by atoms with E-state index in [0.717, 1.165) is 28.3 Å². The lowest BCUT2D eigenvalue weighted by Crippen LogP contribution is -2.02. The lowest BCUT2D eigenvalue weighted by Gasteiger charge is -2.10. The van der Waals surface area contributed by atoms with Gasteiger partial charge in [-0.2, -0.15) is 0 Å². The third-order valence-corrected chi connectivity index (χ3v) is 2.85. The number of methoxy groups -OCH3 is 1. The maximum absolute atomic E-state index is 5.69. The zero-order valence-electron chi connectivity index (χ0n) is 11.2. The summed E-state index contributed by atoms with van der Waals surface area (Å²) in [5, 5.41) is 0. The molecule has 4 nitrogen and oxygen atoms in total. The maximum atomic E-state index is 5.69. The minimum atomic E-state index is 0.448. The monoisotopic (exact) mass is 258 g/mol. The summed E-state index contributed by atoms with van der Waals surface area (Å²) in [5.41, 5.74) is 8.70. The molecule has 4 heteroatoms. The summed E-state index contributed by atoms with van der Waals surface area (Å²) in [6.45, 7) is 2.88. The number of hydrogen-bond acceptors (Lipinski definition) is 4. The lowest BCUT2D eigenvalue weighted by molar-refractivity contribution is 0.304. The average molecular weight is 258 g/mol. The molecule has 0 aliphatic rings. The standard InChI is InChI=1S/C15H18N2O2/c1-11-3-5-14(9-17-11)19-10-12-4-6-15(18-2)13(7-12)8-16/h3-7,9H,8,10,16H2,1-2H3. The smallest absolute Gasteiger partial charge is 0.138 e. The normalized spacial score (nSPS) is 10.3. The molecule has 0 amide bonds. The van der Waals surface area contributed by atoms with Crippen LogP contribution in [0.2, 0.25) is 0 Å². The molecule has 0 saturated carbocycles. The van der Waals surface area contributed by atoms with Crippen molar-refractivity contribution in [3.05, 3.63) is 53.3 Å². The van der Waals surface area contributed by atoms with Crippen molar-refractivity contribution in [3.8, 4) is 11.5 Å². The Bertz CT molecular complexity index is 538. The lowest BCUT2D eigenvalue weighted by atomic mass is 10.1. The van der Waals surface area contributed by atoms with Gasteiger partial charge in [-0.15, -0.1) is 0 Å². The van der Waals surface area contributed by atoms with Gasteiger partial charge in [-0.3, -0.25) is 4.98 Å². The fourth-order valence-corrected chi connectivity index (χ4v) is 1.79. The van der Waals surface area contributed by atoms with Crippen molar-refractivity contribution in [2.24, 2.45) is 5.73 Å². The molecular formula is C15H18N2O2. The quantitative estimate of drug-likeness (QED) is 0.895. The van der Waals surface area contributed by atoms with Gasteiger partial charge in [0.05, 0.1) is 13.3 Å². The SMILES string of the molecule is COc1ccc(COc2ccc(C)nc2)cc1CN. The molecule has 1 heterocycles. The Morgan fingerprint density at radius 3 is 2.68 bits per heavy atom. The molecule has 0 bridgehead atoms. The molecule has 0 fully saturated rings. The van der Waals surface area contributed by atoms with E-state index in [0.29, 0.717) is 13.2 Å². The molecule has 0 aliphatic heterocycles. The third kappa shape index (κ3) is 3.45. The van der Waals surface area contributed by atoms with E-state index >= 15 is 0 Å². The van der Waals surface area contributed by atoms with Crippen molar-refractivity contribution in [2.75, 3.05) is 7.11 Å². The molecule has 0 unspecified atom stereocenters. The Kier molecular flexibility index (Phi) is 4.36. The predicted molar refractivity (Wildman–Crippen MR) is 74.2 cm³/mol. The predicted octanol–water partition coefficient (Wildman–Crippen LogP) is 2.44. The van der Waals surface area contributed by atoms with Gasteiger partial charge in [0, 0.05) is 17.8 Å². The highest BCUT2D eigenvalue weighted by Gasteiger charge is 2.03. The van der Waals surface area contributed by atoms with Gasteiger partial charge in [0.2, 0.25) is 0 Å². The molecule has 1 aromatic carbocycles. The molecule has 0 radical (unpaired) electrons. The maximum Gasteiger partial charge on any atom is 0.138 e. The Morgan fingerprint density at radius 2 is 2.05 bits per heavy atom. The van der Waals surface area contributed by atoms with Gasteiger partial charge < -0.3 is 15.2 Å². The topological polar surface area (TPSA) is 57.4 Å². The van der Waals surface area contributed by atoms with Crippen LogP contribution in [0.15, 0.2) is 36.5 Å². The van der Waals surface area contributed by atoms with Gasteiger partial charge in [0.25, 0.3) is 0 Å². The molecule has 100 valence electrons. The van der Waals surface area contributed by atoms with E-state index in [2.05, 4.69) is 4.98 Å². The highest BCUT2D eigenvalue weighted by atomic mass is 16.5. The zero-order valence-corrected chi connectivity index (χ0v) is 11.2. The summed E-state index contributed by atoms with van der Waals surface area (Å²) in [5.74, 6) is 1.57.